The first-order valence-electron chi connectivity index (χ1n) is 6.90. The van der Waals surface area contributed by atoms with Gasteiger partial charge in [0.2, 0.25) is 0 Å². The minimum Gasteiger partial charge on any atom is -0.265 e. The lowest BCUT2D eigenvalue weighted by Crippen LogP contribution is -2.33. The fraction of sp³-hybridized carbons (Fsp3) is 0.267. The highest BCUT2D eigenvalue weighted by atomic mass is 16.1. The van der Waals surface area contributed by atoms with Crippen molar-refractivity contribution in [1.29, 1.82) is 0 Å². The molecule has 0 fully saturated rings. The lowest BCUT2D eigenvalue weighted by molar-refractivity contribution is 0.529. The number of hydrogen-bond donors (Lipinski definition) is 0. The number of aromatic nitrogens is 5. The van der Waals surface area contributed by atoms with Crippen molar-refractivity contribution in [3.63, 3.8) is 0 Å². The predicted molar refractivity (Wildman–Crippen MR) is 83.2 cm³/mol. The van der Waals surface area contributed by atoms with E-state index in [1.54, 1.807) is 6.21 Å². The summed E-state index contributed by atoms with van der Waals surface area (Å²) in [5, 5.41) is 16.3. The zero-order valence-corrected chi connectivity index (χ0v) is 12.6. The van der Waals surface area contributed by atoms with E-state index >= 15 is 0 Å². The normalized spacial score (nSPS) is 12.3. The number of benzene rings is 1. The molecule has 0 atom stereocenters. The summed E-state index contributed by atoms with van der Waals surface area (Å²) in [6.45, 7) is 5.79. The van der Waals surface area contributed by atoms with E-state index in [9.17, 15) is 4.79 Å². The summed E-state index contributed by atoms with van der Waals surface area (Å²) in [6.07, 6.45) is 3.07. The predicted octanol–water partition coefficient (Wildman–Crippen LogP) is 1.47. The smallest absolute Gasteiger partial charge is 0.265 e. The van der Waals surface area contributed by atoms with Gasteiger partial charge >= 0.3 is 0 Å². The molecular formula is C15H16N6O. The van der Waals surface area contributed by atoms with Crippen molar-refractivity contribution in [1.82, 2.24) is 24.5 Å². The van der Waals surface area contributed by atoms with Gasteiger partial charge in [0.05, 0.1) is 6.21 Å². The third kappa shape index (κ3) is 2.52. The molecule has 0 spiro atoms. The van der Waals surface area contributed by atoms with Gasteiger partial charge in [-0.3, -0.25) is 4.79 Å². The molecule has 1 aromatic carbocycles. The maximum absolute atomic E-state index is 12.7. The summed E-state index contributed by atoms with van der Waals surface area (Å²) in [5.41, 5.74) is 0.603. The molecule has 0 amide bonds. The zero-order chi connectivity index (χ0) is 15.7. The average molecular weight is 296 g/mol. The van der Waals surface area contributed by atoms with E-state index in [4.69, 9.17) is 0 Å². The van der Waals surface area contributed by atoms with E-state index in [2.05, 4.69) is 20.4 Å². The SMILES string of the molecule is CC(C)(C)c1nn2cnnc2n(/N=C/c2ccccc2)c1=O. The first-order chi connectivity index (χ1) is 10.5. The second-order valence-corrected chi connectivity index (χ2v) is 5.95. The molecule has 22 heavy (non-hydrogen) atoms. The second-order valence-electron chi connectivity index (χ2n) is 5.95. The Hall–Kier alpha value is -2.83. The van der Waals surface area contributed by atoms with Crippen molar-refractivity contribution >= 4 is 12.0 Å². The van der Waals surface area contributed by atoms with E-state index in [1.807, 2.05) is 51.1 Å². The summed E-state index contributed by atoms with van der Waals surface area (Å²) < 4.78 is 2.69. The van der Waals surface area contributed by atoms with Crippen LogP contribution in [0, 0.1) is 0 Å². The van der Waals surface area contributed by atoms with Crippen molar-refractivity contribution in [3.05, 3.63) is 58.3 Å². The molecule has 0 saturated carbocycles. The Morgan fingerprint density at radius 2 is 1.91 bits per heavy atom. The number of nitrogens with zero attached hydrogens (tertiary/aromatic N) is 6. The van der Waals surface area contributed by atoms with Crippen LogP contribution in [-0.2, 0) is 5.41 Å². The van der Waals surface area contributed by atoms with Gasteiger partial charge in [0.1, 0.15) is 12.0 Å². The Balaban J connectivity index is 2.20. The third-order valence-electron chi connectivity index (χ3n) is 3.14. The van der Waals surface area contributed by atoms with E-state index in [0.717, 1.165) is 5.56 Å². The van der Waals surface area contributed by atoms with E-state index < -0.39 is 5.41 Å². The monoisotopic (exact) mass is 296 g/mol. The first kappa shape index (κ1) is 14.1. The lowest BCUT2D eigenvalue weighted by Gasteiger charge is -2.16. The zero-order valence-electron chi connectivity index (χ0n) is 12.6. The van der Waals surface area contributed by atoms with E-state index in [0.29, 0.717) is 5.69 Å². The fourth-order valence-corrected chi connectivity index (χ4v) is 2.01. The van der Waals surface area contributed by atoms with Crippen LogP contribution in [0.5, 0.6) is 0 Å². The molecule has 0 N–H and O–H groups in total. The maximum Gasteiger partial charge on any atom is 0.298 e. The van der Waals surface area contributed by atoms with Crippen LogP contribution in [0.2, 0.25) is 0 Å². The molecule has 3 rings (SSSR count). The minimum atomic E-state index is -0.403. The molecule has 0 aliphatic rings. The molecule has 0 aliphatic heterocycles. The van der Waals surface area contributed by atoms with Gasteiger partial charge in [-0.15, -0.1) is 10.2 Å². The van der Waals surface area contributed by atoms with Crippen LogP contribution in [0.15, 0.2) is 46.6 Å². The Kier molecular flexibility index (Phi) is 3.32. The van der Waals surface area contributed by atoms with Crippen molar-refractivity contribution < 1.29 is 0 Å². The minimum absolute atomic E-state index is 0.283. The Bertz CT molecular complexity index is 886. The van der Waals surface area contributed by atoms with Gasteiger partial charge in [-0.25, -0.2) is 0 Å². The summed E-state index contributed by atoms with van der Waals surface area (Å²) in [6, 6.07) is 9.54. The van der Waals surface area contributed by atoms with E-state index in [1.165, 1.54) is 15.5 Å². The third-order valence-corrected chi connectivity index (χ3v) is 3.14. The topological polar surface area (TPSA) is 77.4 Å². The molecule has 7 heteroatoms. The molecule has 7 nitrogen and oxygen atoms in total. The molecule has 3 aromatic rings. The van der Waals surface area contributed by atoms with Gasteiger partial charge in [0.15, 0.2) is 0 Å². The quantitative estimate of drug-likeness (QED) is 0.671. The van der Waals surface area contributed by atoms with Crippen molar-refractivity contribution in [3.8, 4) is 0 Å². The van der Waals surface area contributed by atoms with Crippen LogP contribution in [0.1, 0.15) is 32.0 Å². The Labute approximate surface area is 126 Å². The van der Waals surface area contributed by atoms with Crippen LogP contribution in [0.3, 0.4) is 0 Å². The summed E-state index contributed by atoms with van der Waals surface area (Å²) in [4.78, 5) is 12.7. The van der Waals surface area contributed by atoms with E-state index in [-0.39, 0.29) is 11.3 Å². The van der Waals surface area contributed by atoms with Gasteiger partial charge in [-0.1, -0.05) is 51.1 Å². The maximum atomic E-state index is 12.7. The molecule has 0 bridgehead atoms. The van der Waals surface area contributed by atoms with Crippen LogP contribution < -0.4 is 5.56 Å². The highest BCUT2D eigenvalue weighted by Crippen LogP contribution is 2.16. The lowest BCUT2D eigenvalue weighted by atomic mass is 9.93. The van der Waals surface area contributed by atoms with Crippen LogP contribution in [0.25, 0.3) is 5.78 Å². The molecule has 0 unspecified atom stereocenters. The first-order valence-corrected chi connectivity index (χ1v) is 6.90. The molecule has 112 valence electrons. The summed E-state index contributed by atoms with van der Waals surface area (Å²) in [7, 11) is 0. The molecule has 0 radical (unpaired) electrons. The molecule has 0 aliphatic carbocycles. The number of rotatable bonds is 2. The van der Waals surface area contributed by atoms with Gasteiger partial charge < -0.3 is 0 Å². The van der Waals surface area contributed by atoms with Gasteiger partial charge in [0, 0.05) is 5.41 Å². The molecular weight excluding hydrogens is 280 g/mol. The molecule has 0 saturated heterocycles. The largest absolute Gasteiger partial charge is 0.298 e. The number of fused-ring (bicyclic) bond motifs is 1. The van der Waals surface area contributed by atoms with Crippen molar-refractivity contribution in [2.75, 3.05) is 0 Å². The van der Waals surface area contributed by atoms with Crippen molar-refractivity contribution in [2.45, 2.75) is 26.2 Å². The highest BCUT2D eigenvalue weighted by molar-refractivity contribution is 5.79. The van der Waals surface area contributed by atoms with Crippen molar-refractivity contribution in [2.24, 2.45) is 5.10 Å². The number of hydrogen-bond acceptors (Lipinski definition) is 5. The van der Waals surface area contributed by atoms with Crippen LogP contribution in [-0.4, -0.2) is 30.7 Å². The summed E-state index contributed by atoms with van der Waals surface area (Å²) >= 11 is 0. The van der Waals surface area contributed by atoms with Crippen LogP contribution in [0.4, 0.5) is 0 Å². The fourth-order valence-electron chi connectivity index (χ4n) is 2.01. The standard InChI is InChI=1S/C15H16N6O/c1-15(2,3)12-13(22)21(14-18-16-10-20(14)19-12)17-9-11-7-5-4-6-8-11/h4-10H,1-3H3/b17-9+. The Morgan fingerprint density at radius 3 is 2.59 bits per heavy atom. The van der Waals surface area contributed by atoms with Gasteiger partial charge in [-0.2, -0.15) is 19.4 Å². The summed E-state index contributed by atoms with van der Waals surface area (Å²) in [5.74, 6) is 0.283. The highest BCUT2D eigenvalue weighted by Gasteiger charge is 2.23. The average Bonchev–Trinajstić information content (AvgIpc) is 2.94. The molecule has 2 heterocycles. The van der Waals surface area contributed by atoms with Gasteiger partial charge in [0.25, 0.3) is 11.3 Å². The van der Waals surface area contributed by atoms with Gasteiger partial charge in [-0.05, 0) is 5.56 Å². The second kappa shape index (κ2) is 5.18. The Morgan fingerprint density at radius 1 is 1.18 bits per heavy atom. The van der Waals surface area contributed by atoms with Crippen LogP contribution >= 0.6 is 0 Å². The molecule has 2 aromatic heterocycles.